The van der Waals surface area contributed by atoms with Crippen molar-refractivity contribution in [2.45, 2.75) is 45.4 Å². The monoisotopic (exact) mass is 505 g/mol. The zero-order valence-corrected chi connectivity index (χ0v) is 19.1. The second-order valence-electron chi connectivity index (χ2n) is 6.34. The average Bonchev–Trinajstić information content (AvgIpc) is 2.92. The molecule has 0 spiro atoms. The summed E-state index contributed by atoms with van der Waals surface area (Å²) in [6.45, 7) is 4.91. The number of carbonyl (C=O) groups is 1. The van der Waals surface area contributed by atoms with Crippen LogP contribution in [0.4, 0.5) is 5.69 Å². The van der Waals surface area contributed by atoms with E-state index in [0.29, 0.717) is 19.6 Å². The molecule has 0 fully saturated rings. The number of hydrogen-bond acceptors (Lipinski definition) is 5. The van der Waals surface area contributed by atoms with E-state index < -0.39 is 0 Å². The molecule has 1 aromatic carbocycles. The number of hydrogen-bond donors (Lipinski definition) is 2. The van der Waals surface area contributed by atoms with Crippen molar-refractivity contribution in [1.82, 2.24) is 5.32 Å². The number of halogens is 1. The molecule has 0 saturated carbocycles. The van der Waals surface area contributed by atoms with Gasteiger partial charge in [-0.3, -0.25) is 9.79 Å². The summed E-state index contributed by atoms with van der Waals surface area (Å²) in [5.74, 6) is 2.16. The first kappa shape index (κ1) is 24.3. The lowest BCUT2D eigenvalue weighted by Crippen LogP contribution is -2.30. The van der Waals surface area contributed by atoms with Crippen LogP contribution in [0, 0.1) is 0 Å². The molecule has 2 N–H and O–H groups in total. The van der Waals surface area contributed by atoms with Crippen LogP contribution in [0.2, 0.25) is 0 Å². The molecular weight excluding hydrogens is 473 g/mol. The molecule has 8 heteroatoms. The minimum Gasteiger partial charge on any atom is -0.490 e. The Morgan fingerprint density at radius 1 is 1.14 bits per heavy atom. The number of carbonyl (C=O) groups excluding carboxylic acids is 1. The molecule has 0 aliphatic carbocycles. The highest BCUT2D eigenvalue weighted by Gasteiger charge is 2.11. The number of anilines is 1. The number of ether oxygens (including phenoxy) is 3. The molecule has 28 heavy (non-hydrogen) atoms. The first-order valence-corrected chi connectivity index (χ1v) is 9.74. The number of methoxy groups -OCH3 is 1. The van der Waals surface area contributed by atoms with Gasteiger partial charge in [0.25, 0.3) is 0 Å². The van der Waals surface area contributed by atoms with E-state index in [1.54, 1.807) is 0 Å². The van der Waals surface area contributed by atoms with E-state index in [4.69, 9.17) is 9.47 Å². The fraction of sp³-hybridized carbons (Fsp3) is 0.600. The van der Waals surface area contributed by atoms with Crippen LogP contribution in [0.25, 0.3) is 0 Å². The molecule has 1 heterocycles. The van der Waals surface area contributed by atoms with Crippen molar-refractivity contribution in [2.24, 2.45) is 4.99 Å². The predicted octanol–water partition coefficient (Wildman–Crippen LogP) is 3.97. The van der Waals surface area contributed by atoms with Gasteiger partial charge in [0.2, 0.25) is 0 Å². The van der Waals surface area contributed by atoms with E-state index in [-0.39, 0.29) is 29.9 Å². The van der Waals surface area contributed by atoms with Crippen LogP contribution in [0.15, 0.2) is 23.2 Å². The van der Waals surface area contributed by atoms with Gasteiger partial charge in [-0.05, 0) is 31.9 Å². The zero-order chi connectivity index (χ0) is 19.3. The van der Waals surface area contributed by atoms with Crippen LogP contribution < -0.4 is 20.1 Å². The van der Waals surface area contributed by atoms with Crippen LogP contribution in [0.3, 0.4) is 0 Å². The van der Waals surface area contributed by atoms with Gasteiger partial charge in [-0.25, -0.2) is 0 Å². The van der Waals surface area contributed by atoms with Crippen molar-refractivity contribution >= 4 is 41.6 Å². The summed E-state index contributed by atoms with van der Waals surface area (Å²) in [6.07, 6.45) is 5.29. The molecule has 0 atom stereocenters. The molecule has 7 nitrogen and oxygen atoms in total. The molecule has 0 aromatic heterocycles. The van der Waals surface area contributed by atoms with Gasteiger partial charge in [-0.2, -0.15) is 0 Å². The molecule has 1 aliphatic rings. The van der Waals surface area contributed by atoms with Crippen molar-refractivity contribution in [1.29, 1.82) is 0 Å². The highest BCUT2D eigenvalue weighted by Crippen LogP contribution is 2.32. The normalized spacial score (nSPS) is 13.1. The van der Waals surface area contributed by atoms with Gasteiger partial charge in [0, 0.05) is 37.7 Å². The molecule has 0 amide bonds. The van der Waals surface area contributed by atoms with Crippen molar-refractivity contribution in [2.75, 3.05) is 38.7 Å². The van der Waals surface area contributed by atoms with E-state index in [1.165, 1.54) is 7.11 Å². The summed E-state index contributed by atoms with van der Waals surface area (Å²) in [5.41, 5.74) is 0.914. The molecule has 1 aliphatic heterocycles. The van der Waals surface area contributed by atoms with Crippen LogP contribution >= 0.6 is 24.0 Å². The maximum atomic E-state index is 11.1. The van der Waals surface area contributed by atoms with E-state index in [1.807, 2.05) is 25.1 Å². The summed E-state index contributed by atoms with van der Waals surface area (Å²) in [4.78, 5) is 15.7. The first-order valence-electron chi connectivity index (χ1n) is 9.74. The third-order valence-electron chi connectivity index (χ3n) is 4.14. The summed E-state index contributed by atoms with van der Waals surface area (Å²) in [7, 11) is 1.43. The summed E-state index contributed by atoms with van der Waals surface area (Å²) in [6, 6.07) is 5.83. The van der Waals surface area contributed by atoms with Crippen molar-refractivity contribution in [3.63, 3.8) is 0 Å². The van der Waals surface area contributed by atoms with Gasteiger partial charge < -0.3 is 24.8 Å². The van der Waals surface area contributed by atoms with Gasteiger partial charge >= 0.3 is 5.97 Å². The van der Waals surface area contributed by atoms with E-state index in [9.17, 15) is 4.79 Å². The fourth-order valence-electron chi connectivity index (χ4n) is 2.71. The highest BCUT2D eigenvalue weighted by molar-refractivity contribution is 14.0. The number of benzene rings is 1. The lowest BCUT2D eigenvalue weighted by atomic mass is 10.1. The van der Waals surface area contributed by atoms with Gasteiger partial charge in [-0.15, -0.1) is 24.0 Å². The summed E-state index contributed by atoms with van der Waals surface area (Å²) in [5, 5.41) is 6.57. The Hall–Kier alpha value is -1.71. The number of esters is 1. The van der Waals surface area contributed by atoms with Crippen molar-refractivity contribution in [3.8, 4) is 11.5 Å². The summed E-state index contributed by atoms with van der Waals surface area (Å²) >= 11 is 0. The molecule has 0 saturated heterocycles. The predicted molar refractivity (Wildman–Crippen MR) is 122 cm³/mol. The Labute approximate surface area is 184 Å². The maximum absolute atomic E-state index is 11.1. The van der Waals surface area contributed by atoms with Gasteiger partial charge in [0.1, 0.15) is 0 Å². The Bertz CT molecular complexity index is 625. The zero-order valence-electron chi connectivity index (χ0n) is 16.8. The Morgan fingerprint density at radius 3 is 2.64 bits per heavy atom. The quantitative estimate of drug-likeness (QED) is 0.174. The second kappa shape index (κ2) is 14.3. The molecule has 0 radical (unpaired) electrons. The molecule has 2 rings (SSSR count). The van der Waals surface area contributed by atoms with E-state index in [0.717, 1.165) is 68.3 Å². The van der Waals surface area contributed by atoms with Crippen molar-refractivity contribution < 1.29 is 19.0 Å². The third-order valence-corrected chi connectivity index (χ3v) is 4.14. The molecule has 1 aromatic rings. The largest absolute Gasteiger partial charge is 0.490 e. The van der Waals surface area contributed by atoms with Gasteiger partial charge in [-0.1, -0.05) is 12.8 Å². The molecule has 0 unspecified atom stereocenters. The first-order chi connectivity index (χ1) is 13.2. The Balaban J connectivity index is 0.00000392. The number of nitrogens with zero attached hydrogens (tertiary/aromatic N) is 1. The number of aliphatic imine (C=N–C) groups is 1. The van der Waals surface area contributed by atoms with Crippen LogP contribution in [-0.2, 0) is 9.53 Å². The second-order valence-corrected chi connectivity index (χ2v) is 6.34. The lowest BCUT2D eigenvalue weighted by molar-refractivity contribution is -0.140. The highest BCUT2D eigenvalue weighted by atomic mass is 127. The van der Waals surface area contributed by atoms with Crippen LogP contribution in [0.5, 0.6) is 11.5 Å². The average molecular weight is 505 g/mol. The number of fused-ring (bicyclic) bond motifs is 1. The number of unbranched alkanes of at least 4 members (excludes halogenated alkanes) is 3. The van der Waals surface area contributed by atoms with Gasteiger partial charge in [0.05, 0.1) is 20.3 Å². The molecule has 158 valence electrons. The minimum absolute atomic E-state index is 0. The van der Waals surface area contributed by atoms with Crippen LogP contribution in [-0.4, -0.2) is 45.3 Å². The van der Waals surface area contributed by atoms with Crippen LogP contribution in [0.1, 0.15) is 45.4 Å². The topological polar surface area (TPSA) is 81.2 Å². The standard InChI is InChI=1S/C20H31N3O4.HI/c1-3-21-20(22-12-7-5-4-6-9-19(24)25-2)23-16-10-11-17-18(15-16)27-14-8-13-26-17;/h10-11,15H,3-9,12-14H2,1-2H3,(H2,21,22,23);1H. The Kier molecular flexibility index (Phi) is 12.4. The maximum Gasteiger partial charge on any atom is 0.305 e. The Morgan fingerprint density at radius 2 is 1.89 bits per heavy atom. The molecule has 0 bridgehead atoms. The number of nitrogens with one attached hydrogen (secondary N) is 2. The number of guanidine groups is 1. The van der Waals surface area contributed by atoms with E-state index >= 15 is 0 Å². The molecular formula is C20H32IN3O4. The van der Waals surface area contributed by atoms with Crippen molar-refractivity contribution in [3.05, 3.63) is 18.2 Å². The summed E-state index contributed by atoms with van der Waals surface area (Å²) < 4.78 is 16.0. The van der Waals surface area contributed by atoms with Gasteiger partial charge in [0.15, 0.2) is 17.5 Å². The number of rotatable bonds is 9. The lowest BCUT2D eigenvalue weighted by Gasteiger charge is -2.13. The smallest absolute Gasteiger partial charge is 0.305 e. The van der Waals surface area contributed by atoms with E-state index in [2.05, 4.69) is 20.4 Å². The third kappa shape index (κ3) is 8.99. The SMILES string of the molecule is CCNC(=NCCCCCCC(=O)OC)Nc1ccc2c(c1)OCCCO2.I. The minimum atomic E-state index is -0.137. The fourth-order valence-corrected chi connectivity index (χ4v) is 2.71.